The van der Waals surface area contributed by atoms with Gasteiger partial charge in [-0.3, -0.25) is 0 Å². The zero-order valence-corrected chi connectivity index (χ0v) is 12.7. The third kappa shape index (κ3) is 3.69. The molecule has 1 aromatic carbocycles. The summed E-state index contributed by atoms with van der Waals surface area (Å²) >= 11 is 5.15. The lowest BCUT2D eigenvalue weighted by Gasteiger charge is -2.25. The van der Waals surface area contributed by atoms with Crippen LogP contribution in [0.5, 0.6) is 0 Å². The van der Waals surface area contributed by atoms with Crippen LogP contribution in [0, 0.1) is 12.8 Å². The molecule has 2 nitrogen and oxygen atoms in total. The molecule has 0 bridgehead atoms. The van der Waals surface area contributed by atoms with Crippen molar-refractivity contribution in [1.82, 2.24) is 0 Å². The molecular formula is C16H24N2S. The van der Waals surface area contributed by atoms with Gasteiger partial charge in [0.1, 0.15) is 4.99 Å². The average Bonchev–Trinajstić information content (AvgIpc) is 2.55. The van der Waals surface area contributed by atoms with Crippen molar-refractivity contribution in [3.63, 3.8) is 0 Å². The molecule has 104 valence electrons. The number of anilines is 1. The Morgan fingerprint density at radius 1 is 1.26 bits per heavy atom. The zero-order chi connectivity index (χ0) is 13.8. The van der Waals surface area contributed by atoms with E-state index in [0.717, 1.165) is 11.3 Å². The van der Waals surface area contributed by atoms with Gasteiger partial charge in [-0.1, -0.05) is 44.5 Å². The maximum atomic E-state index is 5.83. The van der Waals surface area contributed by atoms with Crippen LogP contribution in [-0.4, -0.2) is 11.0 Å². The first-order valence-corrected chi connectivity index (χ1v) is 7.65. The summed E-state index contributed by atoms with van der Waals surface area (Å²) in [4.78, 5) is 0.476. The van der Waals surface area contributed by atoms with Crippen molar-refractivity contribution >= 4 is 22.9 Å². The van der Waals surface area contributed by atoms with Gasteiger partial charge in [0.15, 0.2) is 0 Å². The van der Waals surface area contributed by atoms with Gasteiger partial charge in [0.25, 0.3) is 0 Å². The second-order valence-corrected chi connectivity index (χ2v) is 6.22. The van der Waals surface area contributed by atoms with Crippen molar-refractivity contribution in [2.45, 2.75) is 52.0 Å². The quantitative estimate of drug-likeness (QED) is 0.647. The number of rotatable bonds is 3. The number of thiocarbonyl (C=S) groups is 1. The van der Waals surface area contributed by atoms with Crippen molar-refractivity contribution in [2.24, 2.45) is 11.7 Å². The molecule has 1 aliphatic rings. The second kappa shape index (κ2) is 6.38. The van der Waals surface area contributed by atoms with Gasteiger partial charge in [0.05, 0.1) is 0 Å². The molecule has 2 rings (SSSR count). The molecule has 0 aliphatic heterocycles. The predicted octanol–water partition coefficient (Wildman–Crippen LogP) is 4.01. The molecule has 0 saturated heterocycles. The van der Waals surface area contributed by atoms with Crippen molar-refractivity contribution in [3.8, 4) is 0 Å². The number of nitrogens with two attached hydrogens (primary N) is 1. The average molecular weight is 276 g/mol. The fraction of sp³-hybridized carbons (Fsp3) is 0.562. The molecule has 19 heavy (non-hydrogen) atoms. The van der Waals surface area contributed by atoms with Gasteiger partial charge >= 0.3 is 0 Å². The van der Waals surface area contributed by atoms with Gasteiger partial charge in [-0.05, 0) is 43.4 Å². The summed E-state index contributed by atoms with van der Waals surface area (Å²) in [6.07, 6.45) is 6.59. The molecule has 0 radical (unpaired) electrons. The number of hydrogen-bond acceptors (Lipinski definition) is 2. The van der Waals surface area contributed by atoms with Crippen LogP contribution in [-0.2, 0) is 0 Å². The summed E-state index contributed by atoms with van der Waals surface area (Å²) in [7, 11) is 0. The SMILES string of the molecule is Cc1ccc(C(N)=S)c(NC2CCCCCC2C)c1. The Kier molecular flexibility index (Phi) is 4.81. The number of nitrogens with one attached hydrogen (secondary N) is 1. The van der Waals surface area contributed by atoms with E-state index in [1.165, 1.54) is 37.7 Å². The first-order valence-electron chi connectivity index (χ1n) is 7.25. The fourth-order valence-corrected chi connectivity index (χ4v) is 3.08. The first-order chi connectivity index (χ1) is 9.08. The highest BCUT2D eigenvalue weighted by atomic mass is 32.1. The van der Waals surface area contributed by atoms with Gasteiger partial charge in [0, 0.05) is 17.3 Å². The number of aryl methyl sites for hydroxylation is 1. The van der Waals surface area contributed by atoms with Crippen LogP contribution in [0.15, 0.2) is 18.2 Å². The van der Waals surface area contributed by atoms with Crippen LogP contribution in [0.25, 0.3) is 0 Å². The van der Waals surface area contributed by atoms with E-state index >= 15 is 0 Å². The summed E-state index contributed by atoms with van der Waals surface area (Å²) in [6, 6.07) is 6.79. The molecule has 0 aromatic heterocycles. The van der Waals surface area contributed by atoms with Crippen LogP contribution in [0.1, 0.15) is 50.2 Å². The van der Waals surface area contributed by atoms with E-state index in [1.807, 2.05) is 6.07 Å². The molecule has 2 atom stereocenters. The van der Waals surface area contributed by atoms with Crippen molar-refractivity contribution in [3.05, 3.63) is 29.3 Å². The van der Waals surface area contributed by atoms with Gasteiger partial charge in [-0.25, -0.2) is 0 Å². The minimum absolute atomic E-state index is 0.476. The van der Waals surface area contributed by atoms with E-state index in [9.17, 15) is 0 Å². The monoisotopic (exact) mass is 276 g/mol. The molecule has 0 spiro atoms. The lowest BCUT2D eigenvalue weighted by molar-refractivity contribution is 0.456. The maximum absolute atomic E-state index is 5.83. The minimum Gasteiger partial charge on any atom is -0.389 e. The third-order valence-electron chi connectivity index (χ3n) is 4.14. The van der Waals surface area contributed by atoms with E-state index in [0.29, 0.717) is 16.9 Å². The normalized spacial score (nSPS) is 23.7. The summed E-state index contributed by atoms with van der Waals surface area (Å²) in [5, 5.41) is 3.69. The highest BCUT2D eigenvalue weighted by Gasteiger charge is 2.20. The van der Waals surface area contributed by atoms with Gasteiger partial charge < -0.3 is 11.1 Å². The zero-order valence-electron chi connectivity index (χ0n) is 11.9. The van der Waals surface area contributed by atoms with Crippen LogP contribution in [0.4, 0.5) is 5.69 Å². The Morgan fingerprint density at radius 2 is 2.00 bits per heavy atom. The lowest BCUT2D eigenvalue weighted by atomic mass is 9.96. The van der Waals surface area contributed by atoms with E-state index in [1.54, 1.807) is 0 Å². The smallest absolute Gasteiger partial charge is 0.106 e. The Labute approximate surface area is 121 Å². The van der Waals surface area contributed by atoms with Crippen molar-refractivity contribution in [2.75, 3.05) is 5.32 Å². The highest BCUT2D eigenvalue weighted by molar-refractivity contribution is 7.80. The Morgan fingerprint density at radius 3 is 2.74 bits per heavy atom. The van der Waals surface area contributed by atoms with Crippen LogP contribution >= 0.6 is 12.2 Å². The number of benzene rings is 1. The second-order valence-electron chi connectivity index (χ2n) is 5.78. The fourth-order valence-electron chi connectivity index (χ4n) is 2.90. The highest BCUT2D eigenvalue weighted by Crippen LogP contribution is 2.27. The molecule has 1 fully saturated rings. The number of hydrogen-bond donors (Lipinski definition) is 2. The summed E-state index contributed by atoms with van der Waals surface area (Å²) < 4.78 is 0. The van der Waals surface area contributed by atoms with E-state index in [4.69, 9.17) is 18.0 Å². The molecule has 2 unspecified atom stereocenters. The van der Waals surface area contributed by atoms with E-state index in [2.05, 4.69) is 31.3 Å². The predicted molar refractivity (Wildman–Crippen MR) is 86.7 cm³/mol. The standard InChI is InChI=1S/C16H24N2S/c1-11-8-9-13(16(17)19)15(10-11)18-14-7-5-3-4-6-12(14)2/h8-10,12,14,18H,3-7H2,1-2H3,(H2,17,19). The molecular weight excluding hydrogens is 252 g/mol. The lowest BCUT2D eigenvalue weighted by Crippen LogP contribution is -2.27. The topological polar surface area (TPSA) is 38.0 Å². The van der Waals surface area contributed by atoms with Crippen LogP contribution < -0.4 is 11.1 Å². The Balaban J connectivity index is 2.21. The molecule has 3 heteroatoms. The third-order valence-corrected chi connectivity index (χ3v) is 4.36. The summed E-state index contributed by atoms with van der Waals surface area (Å²) in [5.41, 5.74) is 9.14. The summed E-state index contributed by atoms with van der Waals surface area (Å²) in [6.45, 7) is 4.45. The van der Waals surface area contributed by atoms with Crippen molar-refractivity contribution < 1.29 is 0 Å². The minimum atomic E-state index is 0.476. The molecule has 1 aliphatic carbocycles. The molecule has 1 aromatic rings. The molecule has 3 N–H and O–H groups in total. The molecule has 0 heterocycles. The van der Waals surface area contributed by atoms with Crippen LogP contribution in [0.3, 0.4) is 0 Å². The van der Waals surface area contributed by atoms with Gasteiger partial charge in [-0.2, -0.15) is 0 Å². The van der Waals surface area contributed by atoms with Crippen molar-refractivity contribution in [1.29, 1.82) is 0 Å². The molecule has 1 saturated carbocycles. The van der Waals surface area contributed by atoms with E-state index in [-0.39, 0.29) is 0 Å². The largest absolute Gasteiger partial charge is 0.389 e. The molecule has 0 amide bonds. The Hall–Kier alpha value is -1.09. The van der Waals surface area contributed by atoms with E-state index < -0.39 is 0 Å². The van der Waals surface area contributed by atoms with Gasteiger partial charge in [0.2, 0.25) is 0 Å². The summed E-state index contributed by atoms with van der Waals surface area (Å²) in [5.74, 6) is 0.710. The van der Waals surface area contributed by atoms with Gasteiger partial charge in [-0.15, -0.1) is 0 Å². The first kappa shape index (κ1) is 14.3. The maximum Gasteiger partial charge on any atom is 0.106 e. The Bertz CT molecular complexity index is 456. The van der Waals surface area contributed by atoms with Crippen LogP contribution in [0.2, 0.25) is 0 Å².